The minimum absolute atomic E-state index is 0.0855. The Morgan fingerprint density at radius 2 is 1.94 bits per heavy atom. The maximum absolute atomic E-state index is 14.3. The number of nitrogens with one attached hydrogen (secondary N) is 1. The largest absolute Gasteiger partial charge is 0.493 e. The number of rotatable bonds is 6. The molecule has 1 atom stereocenters. The van der Waals surface area contributed by atoms with Crippen LogP contribution in [0.3, 0.4) is 0 Å². The summed E-state index contributed by atoms with van der Waals surface area (Å²) in [6.45, 7) is 7.67. The van der Waals surface area contributed by atoms with E-state index in [4.69, 9.17) is 16.3 Å². The van der Waals surface area contributed by atoms with Gasteiger partial charge in [-0.1, -0.05) is 39.3 Å². The first-order valence-corrected chi connectivity index (χ1v) is 11.3. The molecule has 0 spiro atoms. The molecule has 1 aromatic carbocycles. The highest BCUT2D eigenvalue weighted by atomic mass is 35.5. The van der Waals surface area contributed by atoms with E-state index in [0.29, 0.717) is 46.2 Å². The Bertz CT molecular complexity index is 1190. The van der Waals surface area contributed by atoms with Crippen molar-refractivity contribution in [3.8, 4) is 5.75 Å². The molecule has 0 saturated heterocycles. The Morgan fingerprint density at radius 3 is 2.61 bits per heavy atom. The summed E-state index contributed by atoms with van der Waals surface area (Å²) >= 11 is 6.25. The van der Waals surface area contributed by atoms with Crippen LogP contribution in [0.1, 0.15) is 62.7 Å². The van der Waals surface area contributed by atoms with Gasteiger partial charge in [-0.15, -0.1) is 0 Å². The van der Waals surface area contributed by atoms with Crippen LogP contribution in [-0.2, 0) is 18.3 Å². The monoisotopic (exact) mass is 481 g/mol. The summed E-state index contributed by atoms with van der Waals surface area (Å²) in [5.41, 5.74) is -1.33. The fraction of sp³-hybridized carbons (Fsp3) is 0.500. The zero-order valence-electron chi connectivity index (χ0n) is 19.0. The van der Waals surface area contributed by atoms with E-state index >= 15 is 0 Å². The minimum Gasteiger partial charge on any atom is -0.493 e. The van der Waals surface area contributed by atoms with Gasteiger partial charge in [0, 0.05) is 35.0 Å². The molecule has 0 saturated carbocycles. The molecule has 3 aromatic rings. The zero-order chi connectivity index (χ0) is 24.2. The lowest BCUT2D eigenvalue weighted by Gasteiger charge is -2.38. The minimum atomic E-state index is -4.86. The molecular weight excluding hydrogens is 455 g/mol. The van der Waals surface area contributed by atoms with Gasteiger partial charge in [-0.2, -0.15) is 13.2 Å². The van der Waals surface area contributed by atoms with Crippen LogP contribution in [0.4, 0.5) is 13.2 Å². The number of aliphatic hydroxyl groups is 1. The van der Waals surface area contributed by atoms with Gasteiger partial charge in [0.25, 0.3) is 0 Å². The van der Waals surface area contributed by atoms with Crippen molar-refractivity contribution < 1.29 is 23.0 Å². The molecule has 0 aliphatic carbocycles. The number of hydrogen-bond donors (Lipinski definition) is 2. The lowest BCUT2D eigenvalue weighted by molar-refractivity contribution is -0.266. The Balaban J connectivity index is 1.69. The Morgan fingerprint density at radius 1 is 1.21 bits per heavy atom. The van der Waals surface area contributed by atoms with E-state index in [9.17, 15) is 18.3 Å². The van der Waals surface area contributed by atoms with Gasteiger partial charge >= 0.3 is 6.18 Å². The van der Waals surface area contributed by atoms with Crippen LogP contribution in [0, 0.1) is 0 Å². The Kier molecular flexibility index (Phi) is 5.90. The van der Waals surface area contributed by atoms with Crippen LogP contribution in [0.25, 0.3) is 11.0 Å². The summed E-state index contributed by atoms with van der Waals surface area (Å²) in [6.07, 6.45) is -3.87. The van der Waals surface area contributed by atoms with E-state index in [2.05, 4.69) is 15.0 Å². The van der Waals surface area contributed by atoms with Crippen molar-refractivity contribution >= 4 is 22.6 Å². The number of benzene rings is 1. The van der Waals surface area contributed by atoms with Crippen LogP contribution in [0.2, 0.25) is 5.02 Å². The molecular formula is C24H27ClF3N3O2. The standard InChI is InChI=1S/C24H27ClF3N3O2/c1-13(2)21-29-11-19-18(31-21)9-16(30-19)10-23(32,24(26,27)28)12-22(3,4)17-8-15(25)7-14-5-6-33-20(14)17/h7-9,11,13,30,32H,5-6,10,12H2,1-4H3. The van der Waals surface area contributed by atoms with Crippen molar-refractivity contribution in [1.82, 2.24) is 15.0 Å². The first-order valence-electron chi connectivity index (χ1n) is 10.9. The third kappa shape index (κ3) is 4.55. The van der Waals surface area contributed by atoms with E-state index in [1.807, 2.05) is 13.8 Å². The smallest absolute Gasteiger partial charge is 0.417 e. The van der Waals surface area contributed by atoms with Crippen LogP contribution in [0.15, 0.2) is 24.4 Å². The highest BCUT2D eigenvalue weighted by Crippen LogP contribution is 2.47. The van der Waals surface area contributed by atoms with Crippen LogP contribution >= 0.6 is 11.6 Å². The molecule has 2 N–H and O–H groups in total. The first-order chi connectivity index (χ1) is 15.3. The number of nitrogens with zero attached hydrogens (tertiary/aromatic N) is 2. The molecule has 4 rings (SSSR count). The molecule has 0 amide bonds. The molecule has 3 heterocycles. The topological polar surface area (TPSA) is 71.0 Å². The summed E-state index contributed by atoms with van der Waals surface area (Å²) in [4.78, 5) is 11.6. The lowest BCUT2D eigenvalue weighted by Crippen LogP contribution is -2.51. The highest BCUT2D eigenvalue weighted by Gasteiger charge is 2.56. The molecule has 5 nitrogen and oxygen atoms in total. The first kappa shape index (κ1) is 23.8. The van der Waals surface area contributed by atoms with Gasteiger partial charge in [-0.3, -0.25) is 0 Å². The fourth-order valence-corrected chi connectivity index (χ4v) is 4.78. The SMILES string of the molecule is CC(C)c1ncc2[nH]c(CC(O)(CC(C)(C)c3cc(Cl)cc4c3OCC4)C(F)(F)F)cc2n1. The number of aromatic amines is 1. The lowest BCUT2D eigenvalue weighted by atomic mass is 9.73. The molecule has 2 aromatic heterocycles. The molecule has 178 valence electrons. The second-order valence-corrected chi connectivity index (χ2v) is 10.2. The molecule has 9 heteroatoms. The predicted molar refractivity (Wildman–Crippen MR) is 121 cm³/mol. The van der Waals surface area contributed by atoms with Gasteiger partial charge in [0.2, 0.25) is 0 Å². The van der Waals surface area contributed by atoms with E-state index < -0.39 is 30.0 Å². The second kappa shape index (κ2) is 8.17. The van der Waals surface area contributed by atoms with Gasteiger partial charge in [0.15, 0.2) is 5.60 Å². The van der Waals surface area contributed by atoms with Crippen molar-refractivity contribution in [3.05, 3.63) is 52.1 Å². The van der Waals surface area contributed by atoms with Crippen molar-refractivity contribution in [3.63, 3.8) is 0 Å². The van der Waals surface area contributed by atoms with Gasteiger partial charge in [0.05, 0.1) is 23.8 Å². The third-order valence-corrected chi connectivity index (χ3v) is 6.40. The summed E-state index contributed by atoms with van der Waals surface area (Å²) in [5, 5.41) is 11.5. The van der Waals surface area contributed by atoms with Gasteiger partial charge < -0.3 is 14.8 Å². The van der Waals surface area contributed by atoms with Crippen LogP contribution in [0.5, 0.6) is 5.75 Å². The fourth-order valence-electron chi connectivity index (χ4n) is 4.54. The third-order valence-electron chi connectivity index (χ3n) is 6.18. The van der Waals surface area contributed by atoms with Crippen LogP contribution in [-0.4, -0.2) is 38.4 Å². The highest BCUT2D eigenvalue weighted by molar-refractivity contribution is 6.30. The number of H-pyrrole nitrogens is 1. The molecule has 0 fully saturated rings. The van der Waals surface area contributed by atoms with Gasteiger partial charge in [-0.05, 0) is 35.6 Å². The molecule has 1 aliphatic rings. The van der Waals surface area contributed by atoms with Crippen LogP contribution < -0.4 is 4.74 Å². The average molecular weight is 482 g/mol. The van der Waals surface area contributed by atoms with Crippen molar-refractivity contribution in [2.45, 2.75) is 70.1 Å². The number of fused-ring (bicyclic) bond motifs is 2. The molecule has 0 radical (unpaired) electrons. The van der Waals surface area contributed by atoms with E-state index in [0.717, 1.165) is 5.56 Å². The number of hydrogen-bond acceptors (Lipinski definition) is 4. The zero-order valence-corrected chi connectivity index (χ0v) is 19.7. The predicted octanol–water partition coefficient (Wildman–Crippen LogP) is 5.87. The Hall–Kier alpha value is -2.32. The normalized spacial score (nSPS) is 16.2. The quantitative estimate of drug-likeness (QED) is 0.461. The number of ether oxygens (including phenoxy) is 1. The average Bonchev–Trinajstić information content (AvgIpc) is 3.30. The molecule has 33 heavy (non-hydrogen) atoms. The Labute approximate surface area is 195 Å². The van der Waals surface area contributed by atoms with Gasteiger partial charge in [-0.25, -0.2) is 9.97 Å². The van der Waals surface area contributed by atoms with E-state index in [1.54, 1.807) is 38.2 Å². The van der Waals surface area contributed by atoms with E-state index in [1.165, 1.54) is 0 Å². The number of aromatic nitrogens is 3. The summed E-state index contributed by atoms with van der Waals surface area (Å²) < 4.78 is 48.5. The number of halogens is 4. The molecule has 1 aliphatic heterocycles. The van der Waals surface area contributed by atoms with E-state index in [-0.39, 0.29) is 11.6 Å². The summed E-state index contributed by atoms with van der Waals surface area (Å²) in [7, 11) is 0. The van der Waals surface area contributed by atoms with Crippen molar-refractivity contribution in [2.75, 3.05) is 6.61 Å². The molecule has 1 unspecified atom stereocenters. The summed E-state index contributed by atoms with van der Waals surface area (Å²) in [5.74, 6) is 1.26. The van der Waals surface area contributed by atoms with Crippen molar-refractivity contribution in [1.29, 1.82) is 0 Å². The summed E-state index contributed by atoms with van der Waals surface area (Å²) in [6, 6.07) is 4.96. The molecule has 0 bridgehead atoms. The maximum atomic E-state index is 14.3. The van der Waals surface area contributed by atoms with Crippen molar-refractivity contribution in [2.24, 2.45) is 0 Å². The maximum Gasteiger partial charge on any atom is 0.417 e. The number of alkyl halides is 3. The second-order valence-electron chi connectivity index (χ2n) is 9.78. The van der Waals surface area contributed by atoms with Gasteiger partial charge in [0.1, 0.15) is 11.6 Å².